The number of nitrogens with zero attached hydrogens (tertiary/aromatic N) is 3. The monoisotopic (exact) mass is 909 g/mol. The molecule has 4 bridgehead atoms. The molecule has 0 saturated carbocycles. The highest BCUT2D eigenvalue weighted by Crippen LogP contribution is 2.43. The molecule has 3 aromatic carbocycles. The maximum absolute atomic E-state index is 14.2. The predicted octanol–water partition coefficient (Wildman–Crippen LogP) is 4.69. The second-order valence-electron chi connectivity index (χ2n) is 18.1. The zero-order valence-electron chi connectivity index (χ0n) is 39.2. The van der Waals surface area contributed by atoms with Crippen LogP contribution in [0.4, 0.5) is 4.79 Å². The lowest BCUT2D eigenvalue weighted by Gasteiger charge is -2.30. The van der Waals surface area contributed by atoms with Crippen molar-refractivity contribution >= 4 is 35.7 Å². The number of hydrogen-bond donors (Lipinski definition) is 6. The second kappa shape index (κ2) is 20.3. The normalized spacial score (nSPS) is 16.4. The number of hydrogen-bond acceptors (Lipinski definition) is 13. The first-order valence-electron chi connectivity index (χ1n) is 21.4. The van der Waals surface area contributed by atoms with Gasteiger partial charge in [0, 0.05) is 30.2 Å². The molecule has 0 aliphatic carbocycles. The van der Waals surface area contributed by atoms with E-state index in [0.717, 1.165) is 23.1 Å². The van der Waals surface area contributed by atoms with Crippen molar-refractivity contribution in [2.75, 3.05) is 33.9 Å². The quantitative estimate of drug-likeness (QED) is 0.0936. The number of benzene rings is 3. The lowest BCUT2D eigenvalue weighted by atomic mass is 9.86. The molecule has 66 heavy (non-hydrogen) atoms. The van der Waals surface area contributed by atoms with Gasteiger partial charge in [0.15, 0.2) is 17.3 Å². The van der Waals surface area contributed by atoms with Crippen molar-refractivity contribution in [2.45, 2.75) is 97.9 Å². The summed E-state index contributed by atoms with van der Waals surface area (Å²) in [6.45, 7) is 15.5. The van der Waals surface area contributed by atoms with Crippen LogP contribution in [-0.2, 0) is 40.5 Å². The molecule has 0 radical (unpaired) electrons. The summed E-state index contributed by atoms with van der Waals surface area (Å²) in [5, 5.41) is 33.3. The number of phenols is 2. The van der Waals surface area contributed by atoms with E-state index in [4.69, 9.17) is 14.2 Å². The number of fused-ring (bicyclic) bond motifs is 5. The van der Waals surface area contributed by atoms with Crippen molar-refractivity contribution in [2.24, 2.45) is 0 Å². The topological polar surface area (TPSA) is 248 Å². The van der Waals surface area contributed by atoms with Crippen LogP contribution in [0.1, 0.15) is 92.9 Å². The van der Waals surface area contributed by atoms with Gasteiger partial charge in [-0.3, -0.25) is 19.2 Å². The number of carbonyl (C=O) groups excluding carboxylic acids is 6. The highest BCUT2D eigenvalue weighted by molar-refractivity contribution is 5.99. The van der Waals surface area contributed by atoms with Crippen LogP contribution in [0.15, 0.2) is 54.6 Å². The van der Waals surface area contributed by atoms with Gasteiger partial charge in [-0.15, -0.1) is 0 Å². The number of amides is 5. The molecule has 1 aromatic heterocycles. The first-order chi connectivity index (χ1) is 30.9. The molecule has 18 heteroatoms. The minimum absolute atomic E-state index is 0.00335. The van der Waals surface area contributed by atoms with E-state index in [1.54, 1.807) is 34.6 Å². The molecule has 0 fully saturated rings. The Morgan fingerprint density at radius 1 is 0.864 bits per heavy atom. The van der Waals surface area contributed by atoms with Crippen LogP contribution in [0, 0.1) is 13.8 Å². The lowest BCUT2D eigenvalue weighted by Crippen LogP contribution is -2.53. The van der Waals surface area contributed by atoms with Crippen LogP contribution in [0.3, 0.4) is 0 Å². The van der Waals surface area contributed by atoms with Crippen LogP contribution < -0.4 is 26.0 Å². The van der Waals surface area contributed by atoms with Crippen LogP contribution in [0.2, 0.25) is 0 Å². The highest BCUT2D eigenvalue weighted by atomic mass is 16.6. The summed E-state index contributed by atoms with van der Waals surface area (Å²) in [6.07, 6.45) is -0.863. The van der Waals surface area contributed by atoms with E-state index in [1.165, 1.54) is 44.3 Å². The molecular formula is C48H59N7O11. The van der Waals surface area contributed by atoms with E-state index in [2.05, 4.69) is 52.0 Å². The van der Waals surface area contributed by atoms with Crippen molar-refractivity contribution < 1.29 is 53.2 Å². The maximum Gasteiger partial charge on any atom is 0.407 e. The molecule has 2 heterocycles. The predicted molar refractivity (Wildman–Crippen MR) is 244 cm³/mol. The minimum atomic E-state index is -1.47. The molecule has 5 rings (SSSR count). The zero-order chi connectivity index (χ0) is 48.8. The van der Waals surface area contributed by atoms with Gasteiger partial charge in [-0.05, 0) is 87.9 Å². The molecule has 352 valence electrons. The Balaban J connectivity index is 1.46. The van der Waals surface area contributed by atoms with Gasteiger partial charge in [0.25, 0.3) is 5.91 Å². The smallest absolute Gasteiger partial charge is 0.407 e. The van der Waals surface area contributed by atoms with E-state index in [0.29, 0.717) is 22.8 Å². The van der Waals surface area contributed by atoms with E-state index < -0.39 is 71.7 Å². The summed E-state index contributed by atoms with van der Waals surface area (Å²) in [6, 6.07) is 10.8. The first-order valence-corrected chi connectivity index (χ1v) is 21.4. The number of alkyl carbamates (subject to hydrolysis) is 1. The van der Waals surface area contributed by atoms with E-state index in [9.17, 15) is 39.0 Å². The number of phenolic OH excluding ortho intramolecular Hbond substituents is 2. The molecular weight excluding hydrogens is 851 g/mol. The van der Waals surface area contributed by atoms with Crippen molar-refractivity contribution in [3.63, 3.8) is 0 Å². The average Bonchev–Trinajstić information content (AvgIpc) is 3.23. The fourth-order valence-corrected chi connectivity index (χ4v) is 7.25. The SMILES string of the molecule is COC(=O)[C@@H]1Cc2cc(OCCNC(=O)OC(C)(C)C)c(O)c(c2)-c2cc(ccc2O)[C@H](N(C)C(=O)CNC(=O)c2c(C)nc(-c3ccc(C(C)(C)C)cc3)nc2C)C(=O)N[C@@H](C)C(=O)N1. The van der Waals surface area contributed by atoms with Gasteiger partial charge in [0.1, 0.15) is 36.1 Å². The Morgan fingerprint density at radius 2 is 1.52 bits per heavy atom. The fraction of sp³-hybridized carbons (Fsp3) is 0.417. The molecule has 1 aliphatic rings. The highest BCUT2D eigenvalue weighted by Gasteiger charge is 2.34. The Labute approximate surface area is 383 Å². The Kier molecular flexibility index (Phi) is 15.3. The van der Waals surface area contributed by atoms with Crippen molar-refractivity contribution in [1.82, 2.24) is 36.1 Å². The van der Waals surface area contributed by atoms with Crippen molar-refractivity contribution in [1.29, 1.82) is 0 Å². The number of likely N-dealkylation sites (N-methyl/N-ethyl adjacent to an activating group) is 1. The van der Waals surface area contributed by atoms with Gasteiger partial charge in [0.05, 0.1) is 37.2 Å². The zero-order valence-corrected chi connectivity index (χ0v) is 39.2. The minimum Gasteiger partial charge on any atom is -0.507 e. The van der Waals surface area contributed by atoms with E-state index in [-0.39, 0.29) is 58.7 Å². The molecule has 18 nitrogen and oxygen atoms in total. The third kappa shape index (κ3) is 12.1. The standard InChI is InChI=1S/C48H59N7O11/c1-25-38(26(2)52-41(51-25)29-12-15-31(16-13-29)47(4,5)6)43(60)50-24-37(57)55(10)39-30-14-17-35(56)32(23-30)33-20-28(21-34(45(62)64-11)54-42(59)27(3)53-44(39)61)22-36(40(33)58)65-19-18-49-46(63)66-48(7,8)9/h12-17,20,22-23,27,34,39,56,58H,18-19,21,24H2,1-11H3,(H,49,63)(H,50,60)(H,53,61)(H,54,59)/t27-,34-,39-/m0/s1. The molecule has 4 aromatic rings. The number of aromatic hydroxyl groups is 2. The summed E-state index contributed by atoms with van der Waals surface area (Å²) in [4.78, 5) is 90.9. The van der Waals surface area contributed by atoms with E-state index >= 15 is 0 Å². The summed E-state index contributed by atoms with van der Waals surface area (Å²) < 4.78 is 16.1. The third-order valence-corrected chi connectivity index (χ3v) is 10.7. The van der Waals surface area contributed by atoms with Crippen molar-refractivity contribution in [3.8, 4) is 39.8 Å². The summed E-state index contributed by atoms with van der Waals surface area (Å²) in [5.41, 5.74) is 2.60. The second-order valence-corrected chi connectivity index (χ2v) is 18.1. The summed E-state index contributed by atoms with van der Waals surface area (Å²) >= 11 is 0. The molecule has 5 amide bonds. The van der Waals surface area contributed by atoms with Gasteiger partial charge in [-0.1, -0.05) is 51.1 Å². The number of rotatable bonds is 10. The first kappa shape index (κ1) is 49.8. The van der Waals surface area contributed by atoms with Crippen LogP contribution in [0.5, 0.6) is 17.2 Å². The van der Waals surface area contributed by atoms with Gasteiger partial charge in [-0.2, -0.15) is 0 Å². The molecule has 6 N–H and O–H groups in total. The molecule has 0 unspecified atom stereocenters. The number of aromatic nitrogens is 2. The van der Waals surface area contributed by atoms with Gasteiger partial charge in [-0.25, -0.2) is 19.6 Å². The third-order valence-electron chi connectivity index (χ3n) is 10.7. The number of esters is 1. The van der Waals surface area contributed by atoms with Gasteiger partial charge < -0.3 is 50.6 Å². The largest absolute Gasteiger partial charge is 0.507 e. The molecule has 3 atom stereocenters. The Hall–Kier alpha value is -7.24. The molecule has 1 aliphatic heterocycles. The van der Waals surface area contributed by atoms with Crippen LogP contribution >= 0.6 is 0 Å². The summed E-state index contributed by atoms with van der Waals surface area (Å²) in [5.74, 6) is -4.18. The van der Waals surface area contributed by atoms with Crippen LogP contribution in [-0.4, -0.2) is 112 Å². The number of ether oxygens (including phenoxy) is 3. The van der Waals surface area contributed by atoms with Crippen LogP contribution in [0.25, 0.3) is 22.5 Å². The fourth-order valence-electron chi connectivity index (χ4n) is 7.25. The number of aryl methyl sites for hydroxylation is 2. The average molecular weight is 910 g/mol. The number of carbonyl (C=O) groups is 6. The Morgan fingerprint density at radius 3 is 2.12 bits per heavy atom. The number of nitrogens with one attached hydrogen (secondary N) is 4. The summed E-state index contributed by atoms with van der Waals surface area (Å²) in [7, 11) is 2.48. The van der Waals surface area contributed by atoms with Gasteiger partial charge in [0.2, 0.25) is 17.7 Å². The van der Waals surface area contributed by atoms with Crippen molar-refractivity contribution in [3.05, 3.63) is 88.2 Å². The molecule has 0 spiro atoms. The molecule has 0 saturated heterocycles. The van der Waals surface area contributed by atoms with Gasteiger partial charge >= 0.3 is 12.1 Å². The Bertz CT molecular complexity index is 2490. The maximum atomic E-state index is 14.2. The van der Waals surface area contributed by atoms with E-state index in [1.807, 2.05) is 24.3 Å². The number of methoxy groups -OCH3 is 1. The lowest BCUT2D eigenvalue weighted by molar-refractivity contribution is -0.145.